The molecule has 3 aromatic rings. The number of amides is 1. The molecule has 3 N–H and O–H groups in total. The van der Waals surface area contributed by atoms with E-state index in [4.69, 9.17) is 17.3 Å². The van der Waals surface area contributed by atoms with Crippen LogP contribution in [0.4, 0.5) is 11.5 Å². The summed E-state index contributed by atoms with van der Waals surface area (Å²) in [5.41, 5.74) is 8.61. The molecule has 184 valence electrons. The van der Waals surface area contributed by atoms with Gasteiger partial charge in [-0.05, 0) is 69.2 Å². The number of nitrogens with zero attached hydrogens (tertiary/aromatic N) is 4. The van der Waals surface area contributed by atoms with Gasteiger partial charge in [0, 0.05) is 29.9 Å². The van der Waals surface area contributed by atoms with Gasteiger partial charge in [0.2, 0.25) is 5.91 Å². The zero-order valence-corrected chi connectivity index (χ0v) is 20.9. The second-order valence-corrected chi connectivity index (χ2v) is 9.88. The number of carboxylic acid groups (broad SMARTS) is 1. The zero-order valence-electron chi connectivity index (χ0n) is 20.1. The number of carbonyl (C=O) groups is 2. The van der Waals surface area contributed by atoms with Crippen molar-refractivity contribution < 1.29 is 14.7 Å². The standard InChI is InChI=1S/C26H30ClN5O3/c1-15(2)32(25(33)18-6-4-16(3)5-7-18)24-21(26(34)35)14-31(30-24)20-10-8-17(9-11-20)19-12-22(28)23(27)29-13-19/h8-16,18H,4-7,28H2,1-3H3,(H,34,35). The highest BCUT2D eigenvalue weighted by Crippen LogP contribution is 2.33. The highest BCUT2D eigenvalue weighted by molar-refractivity contribution is 6.31. The molecule has 1 amide bonds. The average molecular weight is 496 g/mol. The minimum atomic E-state index is -1.12. The third-order valence-corrected chi connectivity index (χ3v) is 6.92. The Labute approximate surface area is 209 Å². The number of benzene rings is 1. The summed E-state index contributed by atoms with van der Waals surface area (Å²) < 4.78 is 1.50. The Morgan fingerprint density at radius 1 is 1.14 bits per heavy atom. The molecule has 9 heteroatoms. The molecule has 4 rings (SSSR count). The fourth-order valence-corrected chi connectivity index (χ4v) is 4.67. The van der Waals surface area contributed by atoms with Crippen LogP contribution >= 0.6 is 11.6 Å². The lowest BCUT2D eigenvalue weighted by Gasteiger charge is -2.32. The van der Waals surface area contributed by atoms with Gasteiger partial charge < -0.3 is 10.8 Å². The molecule has 1 aliphatic carbocycles. The zero-order chi connectivity index (χ0) is 25.3. The molecule has 0 aliphatic heterocycles. The number of aromatic nitrogens is 3. The van der Waals surface area contributed by atoms with Gasteiger partial charge in [-0.15, -0.1) is 5.10 Å². The number of carboxylic acids is 1. The lowest BCUT2D eigenvalue weighted by molar-refractivity contribution is -0.123. The number of pyridine rings is 1. The minimum Gasteiger partial charge on any atom is -0.477 e. The predicted octanol–water partition coefficient (Wildman–Crippen LogP) is 5.44. The Morgan fingerprint density at radius 2 is 1.80 bits per heavy atom. The van der Waals surface area contributed by atoms with E-state index in [0.717, 1.165) is 36.8 Å². The van der Waals surface area contributed by atoms with Crippen molar-refractivity contribution in [3.8, 4) is 16.8 Å². The number of carbonyl (C=O) groups excluding carboxylic acids is 1. The number of rotatable bonds is 6. The topological polar surface area (TPSA) is 114 Å². The third-order valence-electron chi connectivity index (χ3n) is 6.60. The summed E-state index contributed by atoms with van der Waals surface area (Å²) in [4.78, 5) is 31.2. The largest absolute Gasteiger partial charge is 0.477 e. The molecule has 2 heterocycles. The van der Waals surface area contributed by atoms with Crippen LogP contribution in [-0.2, 0) is 4.79 Å². The van der Waals surface area contributed by atoms with Crippen molar-refractivity contribution in [3.05, 3.63) is 53.4 Å². The van der Waals surface area contributed by atoms with E-state index in [0.29, 0.717) is 17.3 Å². The number of halogens is 1. The van der Waals surface area contributed by atoms with Crippen LogP contribution in [0.25, 0.3) is 16.8 Å². The van der Waals surface area contributed by atoms with Gasteiger partial charge in [0.15, 0.2) is 11.0 Å². The quantitative estimate of drug-likeness (QED) is 0.440. The average Bonchev–Trinajstić information content (AvgIpc) is 3.26. The van der Waals surface area contributed by atoms with E-state index in [2.05, 4.69) is 17.0 Å². The van der Waals surface area contributed by atoms with Gasteiger partial charge in [0.05, 0.1) is 11.4 Å². The summed E-state index contributed by atoms with van der Waals surface area (Å²) >= 11 is 5.92. The minimum absolute atomic E-state index is 0.00465. The maximum absolute atomic E-state index is 13.5. The molecule has 0 spiro atoms. The molecule has 35 heavy (non-hydrogen) atoms. The summed E-state index contributed by atoms with van der Waals surface area (Å²) in [5, 5.41) is 14.7. The van der Waals surface area contributed by atoms with Gasteiger partial charge in [0.25, 0.3) is 0 Å². The molecular formula is C26H30ClN5O3. The van der Waals surface area contributed by atoms with Crippen molar-refractivity contribution in [2.75, 3.05) is 10.6 Å². The SMILES string of the molecule is CC1CCC(C(=O)N(c2nn(-c3ccc(-c4cnc(Cl)c(N)c4)cc3)cc2C(=O)O)C(C)C)CC1. The fraction of sp³-hybridized carbons (Fsp3) is 0.385. The molecule has 1 aromatic carbocycles. The van der Waals surface area contributed by atoms with E-state index in [1.54, 1.807) is 17.2 Å². The Hall–Kier alpha value is -3.39. The summed E-state index contributed by atoms with van der Waals surface area (Å²) in [6, 6.07) is 8.91. The molecule has 1 saturated carbocycles. The summed E-state index contributed by atoms with van der Waals surface area (Å²) in [6.45, 7) is 5.97. The summed E-state index contributed by atoms with van der Waals surface area (Å²) in [5.74, 6) is -0.498. The van der Waals surface area contributed by atoms with E-state index in [-0.39, 0.29) is 34.4 Å². The van der Waals surface area contributed by atoms with Crippen LogP contribution in [0.1, 0.15) is 56.8 Å². The maximum Gasteiger partial charge on any atom is 0.341 e. The first-order chi connectivity index (χ1) is 16.7. The number of anilines is 2. The van der Waals surface area contributed by atoms with Gasteiger partial charge in [0.1, 0.15) is 5.56 Å². The van der Waals surface area contributed by atoms with E-state index >= 15 is 0 Å². The van der Waals surface area contributed by atoms with E-state index in [1.807, 2.05) is 38.1 Å². The van der Waals surface area contributed by atoms with Crippen LogP contribution in [0.2, 0.25) is 5.15 Å². The first-order valence-electron chi connectivity index (χ1n) is 11.8. The number of hydrogen-bond donors (Lipinski definition) is 2. The number of hydrogen-bond acceptors (Lipinski definition) is 5. The lowest BCUT2D eigenvalue weighted by Crippen LogP contribution is -2.43. The molecule has 0 unspecified atom stereocenters. The Balaban J connectivity index is 1.66. The van der Waals surface area contributed by atoms with Crippen LogP contribution in [-0.4, -0.2) is 37.8 Å². The molecule has 2 aromatic heterocycles. The van der Waals surface area contributed by atoms with Gasteiger partial charge in [-0.2, -0.15) is 0 Å². The predicted molar refractivity (Wildman–Crippen MR) is 137 cm³/mol. The molecule has 0 radical (unpaired) electrons. The molecule has 0 saturated heterocycles. The van der Waals surface area contributed by atoms with Crippen LogP contribution in [0.5, 0.6) is 0 Å². The van der Waals surface area contributed by atoms with Crippen LogP contribution in [0.15, 0.2) is 42.7 Å². The maximum atomic E-state index is 13.5. The normalized spacial score (nSPS) is 18.0. The first-order valence-corrected chi connectivity index (χ1v) is 12.2. The number of nitrogen functional groups attached to an aromatic ring is 1. The Kier molecular flexibility index (Phi) is 7.12. The van der Waals surface area contributed by atoms with Gasteiger partial charge >= 0.3 is 5.97 Å². The van der Waals surface area contributed by atoms with Gasteiger partial charge in [-0.25, -0.2) is 14.5 Å². The molecule has 1 aliphatic rings. The van der Waals surface area contributed by atoms with Crippen molar-refractivity contribution in [2.45, 2.75) is 52.5 Å². The van der Waals surface area contributed by atoms with E-state index in [9.17, 15) is 14.7 Å². The van der Waals surface area contributed by atoms with Crippen LogP contribution < -0.4 is 10.6 Å². The van der Waals surface area contributed by atoms with Crippen molar-refractivity contribution in [3.63, 3.8) is 0 Å². The summed E-state index contributed by atoms with van der Waals surface area (Å²) in [6.07, 6.45) is 6.74. The van der Waals surface area contributed by atoms with Gasteiger partial charge in [-0.3, -0.25) is 9.69 Å². The molecule has 0 bridgehead atoms. The van der Waals surface area contributed by atoms with Crippen molar-refractivity contribution in [1.82, 2.24) is 14.8 Å². The highest BCUT2D eigenvalue weighted by Gasteiger charge is 2.34. The van der Waals surface area contributed by atoms with Crippen molar-refractivity contribution >= 4 is 35.0 Å². The number of nitrogens with two attached hydrogens (primary N) is 1. The van der Waals surface area contributed by atoms with Gasteiger partial charge in [-0.1, -0.05) is 30.7 Å². The first kappa shape index (κ1) is 24.7. The Morgan fingerprint density at radius 3 is 2.37 bits per heavy atom. The molecule has 8 nitrogen and oxygen atoms in total. The molecule has 1 fully saturated rings. The second-order valence-electron chi connectivity index (χ2n) is 9.53. The van der Waals surface area contributed by atoms with Crippen molar-refractivity contribution in [2.24, 2.45) is 11.8 Å². The van der Waals surface area contributed by atoms with E-state index < -0.39 is 5.97 Å². The summed E-state index contributed by atoms with van der Waals surface area (Å²) in [7, 11) is 0. The van der Waals surface area contributed by atoms with Crippen LogP contribution in [0, 0.1) is 11.8 Å². The molecular weight excluding hydrogens is 466 g/mol. The smallest absolute Gasteiger partial charge is 0.341 e. The highest BCUT2D eigenvalue weighted by atomic mass is 35.5. The fourth-order valence-electron chi connectivity index (χ4n) is 4.56. The number of aromatic carboxylic acids is 1. The Bertz CT molecular complexity index is 1230. The van der Waals surface area contributed by atoms with Crippen LogP contribution in [0.3, 0.4) is 0 Å². The monoisotopic (exact) mass is 495 g/mol. The lowest BCUT2D eigenvalue weighted by atomic mass is 9.82. The molecule has 0 atom stereocenters. The third kappa shape index (κ3) is 5.17. The van der Waals surface area contributed by atoms with Crippen molar-refractivity contribution in [1.29, 1.82) is 0 Å². The second kappa shape index (κ2) is 10.1. The van der Waals surface area contributed by atoms with E-state index in [1.165, 1.54) is 10.9 Å².